The third-order valence-electron chi connectivity index (χ3n) is 7.17. The van der Waals surface area contributed by atoms with Crippen LogP contribution in [0.4, 0.5) is 0 Å². The van der Waals surface area contributed by atoms with Crippen LogP contribution in [-0.2, 0) is 27.3 Å². The van der Waals surface area contributed by atoms with E-state index in [1.54, 1.807) is 29.2 Å². The Hall–Kier alpha value is -3.85. The number of nitrogens with zero attached hydrogens (tertiary/aromatic N) is 1. The Morgan fingerprint density at radius 1 is 1.03 bits per heavy atom. The van der Waals surface area contributed by atoms with Gasteiger partial charge in [0, 0.05) is 17.5 Å². The smallest absolute Gasteiger partial charge is 0.337 e. The molecule has 1 fully saturated rings. The Labute approximate surface area is 231 Å². The molecule has 1 aliphatic carbocycles. The molecule has 1 saturated carbocycles. The molecule has 39 heavy (non-hydrogen) atoms. The summed E-state index contributed by atoms with van der Waals surface area (Å²) in [5.41, 5.74) is 1.82. The van der Waals surface area contributed by atoms with E-state index >= 15 is 0 Å². The fraction of sp³-hybridized carbons (Fsp3) is 0.367. The van der Waals surface area contributed by atoms with Gasteiger partial charge in [-0.3, -0.25) is 9.59 Å². The number of carbonyl (C=O) groups is 3. The maximum atomic E-state index is 14.0. The topological polar surface area (TPSA) is 94.2 Å². The zero-order chi connectivity index (χ0) is 27.2. The maximum absolute atomic E-state index is 14.0. The molecule has 8 nitrogen and oxygen atoms in total. The number of benzene rings is 2. The summed E-state index contributed by atoms with van der Waals surface area (Å²) in [7, 11) is 1.33. The standard InChI is InChI=1S/C30H32N2O6S/c1-36-30(35)22-12-10-21(11-13-22)28(29(34)31-23-6-3-2-4-7-23)32(27(33)17-24-8-5-15-39-24)18-20-9-14-25-26(16-20)38-19-37-25/h5,8-16,23,28H,2-4,6-7,17-19H2,1H3,(H,31,34)/t28-/m0/s1. The van der Waals surface area contributed by atoms with Gasteiger partial charge in [0.1, 0.15) is 6.04 Å². The minimum atomic E-state index is -0.892. The number of nitrogens with one attached hydrogen (secondary N) is 1. The van der Waals surface area contributed by atoms with Crippen LogP contribution in [0.2, 0.25) is 0 Å². The van der Waals surface area contributed by atoms with Crippen molar-refractivity contribution >= 4 is 29.1 Å². The van der Waals surface area contributed by atoms with Crippen LogP contribution in [0, 0.1) is 0 Å². The second-order valence-corrected chi connectivity index (χ2v) is 10.9. The Balaban J connectivity index is 1.50. The molecule has 2 aliphatic rings. The number of fused-ring (bicyclic) bond motifs is 1. The lowest BCUT2D eigenvalue weighted by Gasteiger charge is -2.33. The highest BCUT2D eigenvalue weighted by Gasteiger charge is 2.33. The molecule has 1 atom stereocenters. The van der Waals surface area contributed by atoms with Crippen molar-refractivity contribution in [2.75, 3.05) is 13.9 Å². The highest BCUT2D eigenvalue weighted by atomic mass is 32.1. The van der Waals surface area contributed by atoms with Gasteiger partial charge in [-0.05, 0) is 59.7 Å². The number of esters is 1. The van der Waals surface area contributed by atoms with Gasteiger partial charge in [-0.1, -0.05) is 43.5 Å². The summed E-state index contributed by atoms with van der Waals surface area (Å²) in [4.78, 5) is 42.5. The van der Waals surface area contributed by atoms with E-state index in [1.807, 2.05) is 35.7 Å². The van der Waals surface area contributed by atoms with E-state index < -0.39 is 12.0 Å². The third kappa shape index (κ3) is 6.42. The number of rotatable bonds is 9. The summed E-state index contributed by atoms with van der Waals surface area (Å²) in [5.74, 6) is 0.406. The average Bonchev–Trinajstić information content (AvgIpc) is 3.65. The van der Waals surface area contributed by atoms with Gasteiger partial charge in [0.2, 0.25) is 18.6 Å². The van der Waals surface area contributed by atoms with Gasteiger partial charge in [0.15, 0.2) is 11.5 Å². The van der Waals surface area contributed by atoms with Crippen LogP contribution in [0.3, 0.4) is 0 Å². The Bertz CT molecular complexity index is 1300. The molecule has 2 heterocycles. The first kappa shape index (κ1) is 26.7. The molecular weight excluding hydrogens is 516 g/mol. The fourth-order valence-electron chi connectivity index (χ4n) is 5.14. The van der Waals surface area contributed by atoms with Crippen molar-refractivity contribution in [2.24, 2.45) is 0 Å². The number of ether oxygens (including phenoxy) is 3. The first-order chi connectivity index (χ1) is 19.0. The van der Waals surface area contributed by atoms with Crippen LogP contribution < -0.4 is 14.8 Å². The van der Waals surface area contributed by atoms with Crippen molar-refractivity contribution < 1.29 is 28.6 Å². The predicted molar refractivity (Wildman–Crippen MR) is 147 cm³/mol. The first-order valence-electron chi connectivity index (χ1n) is 13.2. The Morgan fingerprint density at radius 2 is 1.79 bits per heavy atom. The van der Waals surface area contributed by atoms with Crippen molar-refractivity contribution in [3.05, 3.63) is 81.5 Å². The van der Waals surface area contributed by atoms with Crippen LogP contribution in [0.25, 0.3) is 0 Å². The van der Waals surface area contributed by atoms with Gasteiger partial charge in [0.05, 0.1) is 19.1 Å². The van der Waals surface area contributed by atoms with Crippen LogP contribution in [0.15, 0.2) is 60.0 Å². The second kappa shape index (κ2) is 12.3. The Kier molecular flexibility index (Phi) is 8.46. The monoisotopic (exact) mass is 548 g/mol. The van der Waals surface area contributed by atoms with Crippen molar-refractivity contribution in [3.8, 4) is 11.5 Å². The molecule has 0 bridgehead atoms. The molecule has 0 saturated heterocycles. The normalized spacial score (nSPS) is 15.4. The summed E-state index contributed by atoms with van der Waals surface area (Å²) >= 11 is 1.51. The van der Waals surface area contributed by atoms with Gasteiger partial charge >= 0.3 is 5.97 Å². The second-order valence-electron chi connectivity index (χ2n) is 9.83. The van der Waals surface area contributed by atoms with Gasteiger partial charge in [0.25, 0.3) is 0 Å². The molecule has 204 valence electrons. The van der Waals surface area contributed by atoms with E-state index in [0.29, 0.717) is 22.6 Å². The van der Waals surface area contributed by atoms with E-state index in [4.69, 9.17) is 14.2 Å². The van der Waals surface area contributed by atoms with Crippen LogP contribution >= 0.6 is 11.3 Å². The summed E-state index contributed by atoms with van der Waals surface area (Å²) in [6, 6.07) is 15.3. The number of amides is 2. The highest BCUT2D eigenvalue weighted by molar-refractivity contribution is 7.10. The van der Waals surface area contributed by atoms with Gasteiger partial charge in [-0.2, -0.15) is 0 Å². The molecule has 9 heteroatoms. The summed E-state index contributed by atoms with van der Waals surface area (Å²) in [6.07, 6.45) is 5.33. The number of methoxy groups -OCH3 is 1. The minimum Gasteiger partial charge on any atom is -0.465 e. The zero-order valence-corrected chi connectivity index (χ0v) is 22.7. The van der Waals surface area contributed by atoms with Gasteiger partial charge < -0.3 is 24.4 Å². The van der Waals surface area contributed by atoms with Crippen molar-refractivity contribution in [1.29, 1.82) is 0 Å². The molecule has 0 radical (unpaired) electrons. The molecule has 5 rings (SSSR count). The quantitative estimate of drug-likeness (QED) is 0.377. The average molecular weight is 549 g/mol. The van der Waals surface area contributed by atoms with Gasteiger partial charge in [-0.15, -0.1) is 11.3 Å². The fourth-order valence-corrected chi connectivity index (χ4v) is 5.84. The molecule has 1 N–H and O–H groups in total. The Morgan fingerprint density at radius 3 is 2.51 bits per heavy atom. The summed E-state index contributed by atoms with van der Waals surface area (Å²) < 4.78 is 15.9. The highest BCUT2D eigenvalue weighted by Crippen LogP contribution is 2.34. The molecule has 3 aromatic rings. The van der Waals surface area contributed by atoms with Crippen molar-refractivity contribution in [3.63, 3.8) is 0 Å². The molecule has 1 aliphatic heterocycles. The SMILES string of the molecule is COC(=O)c1ccc([C@@H](C(=O)NC2CCCCC2)N(Cc2ccc3c(c2)OCO3)C(=O)Cc2cccs2)cc1. The van der Waals surface area contributed by atoms with E-state index in [9.17, 15) is 14.4 Å². The van der Waals surface area contributed by atoms with Crippen LogP contribution in [0.1, 0.15) is 64.5 Å². The predicted octanol–water partition coefficient (Wildman–Crippen LogP) is 5.02. The summed E-state index contributed by atoms with van der Waals surface area (Å²) in [5, 5.41) is 5.16. The molecular formula is C30H32N2O6S. The number of hydrogen-bond donors (Lipinski definition) is 1. The number of carbonyl (C=O) groups excluding carboxylic acids is 3. The lowest BCUT2D eigenvalue weighted by molar-refractivity contribution is -0.141. The third-order valence-corrected chi connectivity index (χ3v) is 8.05. The van der Waals surface area contributed by atoms with E-state index in [2.05, 4.69) is 5.32 Å². The molecule has 1 aromatic heterocycles. The van der Waals surface area contributed by atoms with Crippen molar-refractivity contribution in [1.82, 2.24) is 10.2 Å². The lowest BCUT2D eigenvalue weighted by atomic mass is 9.94. The van der Waals surface area contributed by atoms with Gasteiger partial charge in [-0.25, -0.2) is 4.79 Å². The molecule has 0 unspecified atom stereocenters. The van der Waals surface area contributed by atoms with E-state index in [1.165, 1.54) is 24.9 Å². The largest absolute Gasteiger partial charge is 0.465 e. The number of hydrogen-bond acceptors (Lipinski definition) is 7. The van der Waals surface area contributed by atoms with Crippen molar-refractivity contribution in [2.45, 2.75) is 57.2 Å². The molecule has 2 amide bonds. The molecule has 0 spiro atoms. The number of thiophene rings is 1. The van der Waals surface area contributed by atoms with Crippen LogP contribution in [0.5, 0.6) is 11.5 Å². The zero-order valence-electron chi connectivity index (χ0n) is 21.9. The maximum Gasteiger partial charge on any atom is 0.337 e. The molecule has 2 aromatic carbocycles. The van der Waals surface area contributed by atoms with E-state index in [0.717, 1.165) is 36.1 Å². The minimum absolute atomic E-state index is 0.0721. The van der Waals surface area contributed by atoms with Crippen LogP contribution in [-0.4, -0.2) is 42.6 Å². The first-order valence-corrected chi connectivity index (χ1v) is 14.1. The lowest BCUT2D eigenvalue weighted by Crippen LogP contribution is -2.47. The summed E-state index contributed by atoms with van der Waals surface area (Å²) in [6.45, 7) is 0.348. The van der Waals surface area contributed by atoms with E-state index in [-0.39, 0.29) is 37.6 Å².